The summed E-state index contributed by atoms with van der Waals surface area (Å²) in [5.74, 6) is -0.0762. The molecule has 0 aliphatic heterocycles. The smallest absolute Gasteiger partial charge is 0.305 e. The molecular formula is C65H123NO5. The first kappa shape index (κ1) is 69.1. The molecule has 1 amide bonds. The average Bonchev–Trinajstić information content (AvgIpc) is 3.37. The lowest BCUT2D eigenvalue weighted by molar-refractivity contribution is -0.143. The zero-order chi connectivity index (χ0) is 51.4. The van der Waals surface area contributed by atoms with Crippen molar-refractivity contribution in [3.05, 3.63) is 36.5 Å². The molecule has 0 aromatic carbocycles. The van der Waals surface area contributed by atoms with E-state index in [1.54, 1.807) is 0 Å². The summed E-state index contributed by atoms with van der Waals surface area (Å²) in [6, 6.07) is -0.546. The third kappa shape index (κ3) is 57.2. The number of hydrogen-bond donors (Lipinski definition) is 3. The van der Waals surface area contributed by atoms with Gasteiger partial charge in [-0.25, -0.2) is 0 Å². The van der Waals surface area contributed by atoms with E-state index in [1.807, 2.05) is 0 Å². The first-order valence-corrected chi connectivity index (χ1v) is 31.7. The third-order valence-corrected chi connectivity index (χ3v) is 14.7. The second-order valence-corrected chi connectivity index (χ2v) is 21.7. The monoisotopic (exact) mass is 998 g/mol. The highest BCUT2D eigenvalue weighted by Gasteiger charge is 2.20. The minimum absolute atomic E-state index is 0.0380. The normalized spacial score (nSPS) is 12.8. The Balaban J connectivity index is 3.45. The van der Waals surface area contributed by atoms with Crippen molar-refractivity contribution in [1.82, 2.24) is 5.32 Å². The van der Waals surface area contributed by atoms with Gasteiger partial charge in [-0.3, -0.25) is 9.59 Å². The Hall–Kier alpha value is -1.92. The van der Waals surface area contributed by atoms with Crippen LogP contribution in [0.25, 0.3) is 0 Å². The summed E-state index contributed by atoms with van der Waals surface area (Å²) in [7, 11) is 0. The summed E-state index contributed by atoms with van der Waals surface area (Å²) in [4.78, 5) is 24.5. The van der Waals surface area contributed by atoms with E-state index >= 15 is 0 Å². The predicted molar refractivity (Wildman–Crippen MR) is 310 cm³/mol. The topological polar surface area (TPSA) is 95.9 Å². The number of aliphatic hydroxyl groups is 2. The number of aliphatic hydroxyl groups excluding tert-OH is 2. The molecule has 0 spiro atoms. The van der Waals surface area contributed by atoms with Crippen LogP contribution in [0.15, 0.2) is 36.5 Å². The molecule has 2 atom stereocenters. The molecule has 0 aromatic rings. The lowest BCUT2D eigenvalue weighted by Gasteiger charge is -2.22. The van der Waals surface area contributed by atoms with Gasteiger partial charge in [-0.1, -0.05) is 294 Å². The van der Waals surface area contributed by atoms with Crippen LogP contribution in [-0.4, -0.2) is 47.4 Å². The van der Waals surface area contributed by atoms with Gasteiger partial charge in [-0.05, 0) is 70.6 Å². The molecule has 0 aliphatic carbocycles. The summed E-state index contributed by atoms with van der Waals surface area (Å²) in [5, 5.41) is 23.3. The van der Waals surface area contributed by atoms with Gasteiger partial charge in [-0.2, -0.15) is 0 Å². The van der Waals surface area contributed by atoms with Crippen molar-refractivity contribution in [2.24, 2.45) is 0 Å². The number of allylic oxidation sites excluding steroid dienone is 5. The van der Waals surface area contributed by atoms with Crippen LogP contribution in [-0.2, 0) is 14.3 Å². The largest absolute Gasteiger partial charge is 0.465 e. The molecule has 0 rings (SSSR count). The van der Waals surface area contributed by atoms with Crippen LogP contribution in [0.5, 0.6) is 0 Å². The summed E-state index contributed by atoms with van der Waals surface area (Å²) in [6.45, 7) is 4.86. The van der Waals surface area contributed by atoms with Crippen LogP contribution in [0.4, 0.5) is 0 Å². The quantitative estimate of drug-likeness (QED) is 0.0321. The number of ether oxygens (including phenoxy) is 1. The van der Waals surface area contributed by atoms with E-state index in [-0.39, 0.29) is 18.5 Å². The first-order chi connectivity index (χ1) is 35.0. The molecule has 418 valence electrons. The van der Waals surface area contributed by atoms with E-state index in [0.29, 0.717) is 25.9 Å². The maximum Gasteiger partial charge on any atom is 0.305 e. The maximum absolute atomic E-state index is 12.5. The van der Waals surface area contributed by atoms with Gasteiger partial charge < -0.3 is 20.3 Å². The zero-order valence-corrected chi connectivity index (χ0v) is 47.7. The first-order valence-electron chi connectivity index (χ1n) is 31.7. The van der Waals surface area contributed by atoms with E-state index < -0.39 is 12.1 Å². The second kappa shape index (κ2) is 60.6. The Labute approximate surface area is 443 Å². The highest BCUT2D eigenvalue weighted by atomic mass is 16.5. The van der Waals surface area contributed by atoms with E-state index in [2.05, 4.69) is 55.6 Å². The van der Waals surface area contributed by atoms with E-state index in [9.17, 15) is 19.8 Å². The Morgan fingerprint density at radius 3 is 1.08 bits per heavy atom. The van der Waals surface area contributed by atoms with Gasteiger partial charge in [0.05, 0.1) is 25.4 Å². The fraction of sp³-hybridized carbons (Fsp3) is 0.877. The molecule has 0 aliphatic rings. The molecule has 6 heteroatoms. The molecule has 2 unspecified atom stereocenters. The van der Waals surface area contributed by atoms with Crippen LogP contribution in [0.2, 0.25) is 0 Å². The molecule has 0 saturated heterocycles. The molecule has 0 saturated carbocycles. The molecule has 6 nitrogen and oxygen atoms in total. The van der Waals surface area contributed by atoms with Gasteiger partial charge >= 0.3 is 5.97 Å². The van der Waals surface area contributed by atoms with Gasteiger partial charge in [0.25, 0.3) is 0 Å². The highest BCUT2D eigenvalue weighted by molar-refractivity contribution is 5.76. The number of unbranched alkanes of at least 4 members (excludes halogenated alkanes) is 42. The standard InChI is InChI=1S/C65H123NO5/c1-3-5-7-9-11-13-15-17-19-26-31-35-39-43-47-51-55-59-65(70)71-60-56-52-48-44-40-36-32-28-25-23-21-22-24-27-30-34-38-42-46-50-54-58-64(69)66-62(61-67)63(68)57-53-49-45-41-37-33-29-20-18-16-14-12-10-8-6-4-2/h17,19,36,40,48,52,62-63,67-68H,3-16,18,20-35,37-39,41-47,49-51,53-61H2,1-2H3,(H,66,69)/b19-17-,40-36-,52-48-. The van der Waals surface area contributed by atoms with Crippen LogP contribution in [0.1, 0.15) is 341 Å². The summed E-state index contributed by atoms with van der Waals surface area (Å²) < 4.78 is 5.43. The molecule has 3 N–H and O–H groups in total. The van der Waals surface area contributed by atoms with Gasteiger partial charge in [-0.15, -0.1) is 0 Å². The van der Waals surface area contributed by atoms with Crippen molar-refractivity contribution in [3.8, 4) is 0 Å². The van der Waals surface area contributed by atoms with E-state index in [0.717, 1.165) is 51.4 Å². The number of rotatable bonds is 59. The molecule has 0 radical (unpaired) electrons. The lowest BCUT2D eigenvalue weighted by Crippen LogP contribution is -2.45. The van der Waals surface area contributed by atoms with Crippen molar-refractivity contribution in [1.29, 1.82) is 0 Å². The van der Waals surface area contributed by atoms with Crippen molar-refractivity contribution >= 4 is 11.9 Å². The fourth-order valence-electron chi connectivity index (χ4n) is 9.83. The molecule has 0 heterocycles. The van der Waals surface area contributed by atoms with Crippen LogP contribution in [0, 0.1) is 0 Å². The number of nitrogens with one attached hydrogen (secondary N) is 1. The molecule has 71 heavy (non-hydrogen) atoms. The summed E-state index contributed by atoms with van der Waals surface area (Å²) in [5.41, 5.74) is 0. The SMILES string of the molecule is CCCCCCCC/C=C\CCCCCCCCCC(=O)OCC/C=C\C/C=C\CCCCCCCCCCCCCCCCC(=O)NC(CO)C(O)CCCCCCCCCCCCCCCCCC. The number of hydrogen-bond acceptors (Lipinski definition) is 5. The van der Waals surface area contributed by atoms with E-state index in [1.165, 1.54) is 257 Å². The summed E-state index contributed by atoms with van der Waals surface area (Å²) >= 11 is 0. The van der Waals surface area contributed by atoms with E-state index in [4.69, 9.17) is 4.74 Å². The van der Waals surface area contributed by atoms with Crippen LogP contribution >= 0.6 is 0 Å². The molecule has 0 fully saturated rings. The van der Waals surface area contributed by atoms with Gasteiger partial charge in [0, 0.05) is 12.8 Å². The Morgan fingerprint density at radius 1 is 0.394 bits per heavy atom. The van der Waals surface area contributed by atoms with Gasteiger partial charge in [0.15, 0.2) is 0 Å². The second-order valence-electron chi connectivity index (χ2n) is 21.7. The van der Waals surface area contributed by atoms with Crippen molar-refractivity contribution in [2.75, 3.05) is 13.2 Å². The Kier molecular flexibility index (Phi) is 59.0. The molecule has 0 bridgehead atoms. The molecule has 0 aromatic heterocycles. The zero-order valence-electron chi connectivity index (χ0n) is 47.7. The number of amides is 1. The third-order valence-electron chi connectivity index (χ3n) is 14.7. The fourth-order valence-corrected chi connectivity index (χ4v) is 9.83. The Bertz CT molecular complexity index is 1150. The van der Waals surface area contributed by atoms with Crippen LogP contribution < -0.4 is 5.32 Å². The minimum atomic E-state index is -0.668. The molecular weight excluding hydrogens is 875 g/mol. The lowest BCUT2D eigenvalue weighted by atomic mass is 10.0. The number of esters is 1. The maximum atomic E-state index is 12.5. The van der Waals surface area contributed by atoms with Crippen molar-refractivity contribution < 1.29 is 24.5 Å². The van der Waals surface area contributed by atoms with Crippen molar-refractivity contribution in [3.63, 3.8) is 0 Å². The van der Waals surface area contributed by atoms with Crippen molar-refractivity contribution in [2.45, 2.75) is 353 Å². The van der Waals surface area contributed by atoms with Gasteiger partial charge in [0.2, 0.25) is 5.91 Å². The summed E-state index contributed by atoms with van der Waals surface area (Å²) in [6.07, 6.45) is 76.0. The van der Waals surface area contributed by atoms with Gasteiger partial charge in [0.1, 0.15) is 0 Å². The Morgan fingerprint density at radius 2 is 0.704 bits per heavy atom. The number of carbonyl (C=O) groups excluding carboxylic acids is 2. The van der Waals surface area contributed by atoms with Crippen LogP contribution in [0.3, 0.4) is 0 Å². The number of carbonyl (C=O) groups is 2. The minimum Gasteiger partial charge on any atom is -0.465 e. The average molecular weight is 999 g/mol. The highest BCUT2D eigenvalue weighted by Crippen LogP contribution is 2.18. The predicted octanol–water partition coefficient (Wildman–Crippen LogP) is 20.0.